The van der Waals surface area contributed by atoms with Crippen LogP contribution in [0.3, 0.4) is 0 Å². The van der Waals surface area contributed by atoms with Crippen molar-refractivity contribution >= 4 is 5.91 Å². The maximum atomic E-state index is 12.7. The van der Waals surface area contributed by atoms with Crippen LogP contribution in [0.4, 0.5) is 13.2 Å². The van der Waals surface area contributed by atoms with E-state index in [2.05, 4.69) is 6.92 Å². The molecule has 0 radical (unpaired) electrons. The molecule has 1 N–H and O–H groups in total. The Hall–Kier alpha value is -0.780. The standard InChI is InChI=1S/C14H22F3NO2/c1-10-3-2-4-11(9-10)12(19)18-7-5-13(20,6-8-18)14(15,16)17/h10-11,20H,2-9H2,1H3. The van der Waals surface area contributed by atoms with E-state index in [9.17, 15) is 23.1 Å². The summed E-state index contributed by atoms with van der Waals surface area (Å²) in [7, 11) is 0. The molecule has 6 heteroatoms. The predicted octanol–water partition coefficient (Wildman–Crippen LogP) is 2.73. The second-order valence-corrected chi connectivity index (χ2v) is 6.32. The van der Waals surface area contributed by atoms with Crippen LogP contribution in [0.1, 0.15) is 45.4 Å². The number of aliphatic hydroxyl groups is 1. The lowest BCUT2D eigenvalue weighted by molar-refractivity contribution is -0.272. The SMILES string of the molecule is CC1CCCC(C(=O)N2CCC(O)(C(F)(F)F)CC2)C1. The first kappa shape index (κ1) is 15.6. The maximum Gasteiger partial charge on any atom is 0.417 e. The molecule has 1 amide bonds. The fourth-order valence-corrected chi connectivity index (χ4v) is 3.30. The van der Waals surface area contributed by atoms with Gasteiger partial charge < -0.3 is 10.0 Å². The van der Waals surface area contributed by atoms with Crippen LogP contribution in [0.15, 0.2) is 0 Å². The number of hydrogen-bond donors (Lipinski definition) is 1. The summed E-state index contributed by atoms with van der Waals surface area (Å²) in [5, 5.41) is 9.60. The van der Waals surface area contributed by atoms with Gasteiger partial charge in [0.25, 0.3) is 0 Å². The molecule has 2 atom stereocenters. The highest BCUT2D eigenvalue weighted by atomic mass is 19.4. The Morgan fingerprint density at radius 2 is 1.85 bits per heavy atom. The average molecular weight is 293 g/mol. The number of alkyl halides is 3. The number of likely N-dealkylation sites (tertiary alicyclic amines) is 1. The first-order valence-corrected chi connectivity index (χ1v) is 7.31. The second-order valence-electron chi connectivity index (χ2n) is 6.32. The summed E-state index contributed by atoms with van der Waals surface area (Å²) in [4.78, 5) is 13.8. The van der Waals surface area contributed by atoms with Crippen molar-refractivity contribution < 1.29 is 23.1 Å². The third-order valence-electron chi connectivity index (χ3n) is 4.72. The van der Waals surface area contributed by atoms with Crippen molar-refractivity contribution in [3.8, 4) is 0 Å². The lowest BCUT2D eigenvalue weighted by Gasteiger charge is -2.40. The van der Waals surface area contributed by atoms with E-state index in [4.69, 9.17) is 0 Å². The molecule has 3 nitrogen and oxygen atoms in total. The van der Waals surface area contributed by atoms with Gasteiger partial charge in [0.1, 0.15) is 0 Å². The molecule has 2 rings (SSSR count). The Kier molecular flexibility index (Phi) is 4.33. The van der Waals surface area contributed by atoms with Gasteiger partial charge in [0, 0.05) is 31.8 Å². The number of piperidine rings is 1. The number of nitrogens with zero attached hydrogens (tertiary/aromatic N) is 1. The molecular formula is C14H22F3NO2. The molecule has 1 aliphatic heterocycles. The Balaban J connectivity index is 1.92. The van der Waals surface area contributed by atoms with Crippen molar-refractivity contribution in [3.05, 3.63) is 0 Å². The van der Waals surface area contributed by atoms with Gasteiger partial charge in [-0.1, -0.05) is 19.8 Å². The van der Waals surface area contributed by atoms with Crippen LogP contribution in [0.5, 0.6) is 0 Å². The minimum atomic E-state index is -4.61. The van der Waals surface area contributed by atoms with Crippen LogP contribution in [0.2, 0.25) is 0 Å². The Labute approximate surface area is 117 Å². The van der Waals surface area contributed by atoms with E-state index in [1.807, 2.05) is 0 Å². The highest BCUT2D eigenvalue weighted by Gasteiger charge is 2.55. The van der Waals surface area contributed by atoms with Crippen LogP contribution in [-0.2, 0) is 4.79 Å². The van der Waals surface area contributed by atoms with Crippen molar-refractivity contribution in [2.75, 3.05) is 13.1 Å². The first-order valence-electron chi connectivity index (χ1n) is 7.31. The van der Waals surface area contributed by atoms with E-state index in [0.717, 1.165) is 25.7 Å². The van der Waals surface area contributed by atoms with Crippen LogP contribution in [-0.4, -0.2) is 40.8 Å². The van der Waals surface area contributed by atoms with E-state index in [-0.39, 0.29) is 24.9 Å². The van der Waals surface area contributed by atoms with Gasteiger partial charge in [-0.25, -0.2) is 0 Å². The highest BCUT2D eigenvalue weighted by molar-refractivity contribution is 5.79. The lowest BCUT2D eigenvalue weighted by atomic mass is 9.81. The number of carbonyl (C=O) groups is 1. The summed E-state index contributed by atoms with van der Waals surface area (Å²) in [5.41, 5.74) is -2.62. The number of halogens is 3. The summed E-state index contributed by atoms with van der Waals surface area (Å²) in [6.07, 6.45) is -1.63. The molecule has 0 spiro atoms. The molecule has 116 valence electrons. The fourth-order valence-electron chi connectivity index (χ4n) is 3.30. The highest BCUT2D eigenvalue weighted by Crippen LogP contribution is 2.39. The summed E-state index contributed by atoms with van der Waals surface area (Å²) in [5.74, 6) is 0.436. The molecule has 2 aliphatic rings. The number of carbonyl (C=O) groups excluding carboxylic acids is 1. The summed E-state index contributed by atoms with van der Waals surface area (Å²) in [6.45, 7) is 2.11. The minimum absolute atomic E-state index is 0.000274. The Morgan fingerprint density at radius 1 is 1.25 bits per heavy atom. The molecule has 1 saturated carbocycles. The van der Waals surface area contributed by atoms with Crippen LogP contribution >= 0.6 is 0 Å². The maximum absolute atomic E-state index is 12.7. The van der Waals surface area contributed by atoms with Crippen molar-refractivity contribution in [2.24, 2.45) is 11.8 Å². The molecule has 2 unspecified atom stereocenters. The summed E-state index contributed by atoms with van der Waals surface area (Å²) < 4.78 is 38.1. The first-order chi connectivity index (χ1) is 9.23. The van der Waals surface area contributed by atoms with Gasteiger partial charge in [0.05, 0.1) is 0 Å². The summed E-state index contributed by atoms with van der Waals surface area (Å²) >= 11 is 0. The lowest BCUT2D eigenvalue weighted by Crippen LogP contribution is -2.55. The molecule has 20 heavy (non-hydrogen) atoms. The molecule has 1 aliphatic carbocycles. The molecule has 1 saturated heterocycles. The average Bonchev–Trinajstić information content (AvgIpc) is 2.37. The van der Waals surface area contributed by atoms with Crippen LogP contribution < -0.4 is 0 Å². The predicted molar refractivity (Wildman–Crippen MR) is 67.9 cm³/mol. The normalized spacial score (nSPS) is 31.1. The third-order valence-corrected chi connectivity index (χ3v) is 4.72. The van der Waals surface area contributed by atoms with Gasteiger partial charge in [0.15, 0.2) is 5.60 Å². The van der Waals surface area contributed by atoms with E-state index in [1.54, 1.807) is 0 Å². The quantitative estimate of drug-likeness (QED) is 0.807. The molecule has 0 aromatic rings. The molecule has 0 aromatic carbocycles. The topological polar surface area (TPSA) is 40.5 Å². The Morgan fingerprint density at radius 3 is 2.35 bits per heavy atom. The monoisotopic (exact) mass is 293 g/mol. The van der Waals surface area contributed by atoms with Crippen LogP contribution in [0.25, 0.3) is 0 Å². The molecule has 0 aromatic heterocycles. The smallest absolute Gasteiger partial charge is 0.380 e. The van der Waals surface area contributed by atoms with Gasteiger partial charge in [0.2, 0.25) is 5.91 Å². The zero-order chi connectivity index (χ0) is 15.0. The van der Waals surface area contributed by atoms with Crippen molar-refractivity contribution in [3.63, 3.8) is 0 Å². The number of hydrogen-bond acceptors (Lipinski definition) is 2. The van der Waals surface area contributed by atoms with Crippen molar-refractivity contribution in [1.29, 1.82) is 0 Å². The zero-order valence-corrected chi connectivity index (χ0v) is 11.7. The van der Waals surface area contributed by atoms with Gasteiger partial charge in [-0.3, -0.25) is 4.79 Å². The second kappa shape index (κ2) is 5.54. The van der Waals surface area contributed by atoms with Crippen molar-refractivity contribution in [1.82, 2.24) is 4.90 Å². The fraction of sp³-hybridized carbons (Fsp3) is 0.929. The van der Waals surface area contributed by atoms with E-state index in [1.165, 1.54) is 4.90 Å². The van der Waals surface area contributed by atoms with Gasteiger partial charge in [-0.2, -0.15) is 13.2 Å². The zero-order valence-electron chi connectivity index (χ0n) is 11.7. The van der Waals surface area contributed by atoms with E-state index in [0.29, 0.717) is 5.92 Å². The number of amides is 1. The van der Waals surface area contributed by atoms with Gasteiger partial charge in [-0.15, -0.1) is 0 Å². The van der Waals surface area contributed by atoms with Gasteiger partial charge >= 0.3 is 6.18 Å². The van der Waals surface area contributed by atoms with Crippen molar-refractivity contribution in [2.45, 2.75) is 57.2 Å². The summed E-state index contributed by atoms with van der Waals surface area (Å²) in [6, 6.07) is 0. The molecule has 2 fully saturated rings. The van der Waals surface area contributed by atoms with Gasteiger partial charge in [-0.05, 0) is 18.8 Å². The van der Waals surface area contributed by atoms with E-state index >= 15 is 0 Å². The largest absolute Gasteiger partial charge is 0.417 e. The molecule has 0 bridgehead atoms. The van der Waals surface area contributed by atoms with E-state index < -0.39 is 24.6 Å². The van der Waals surface area contributed by atoms with Crippen LogP contribution in [0, 0.1) is 11.8 Å². The molecular weight excluding hydrogens is 271 g/mol. The minimum Gasteiger partial charge on any atom is -0.380 e. The Bertz CT molecular complexity index is 362. The number of rotatable bonds is 1. The molecule has 1 heterocycles. The third kappa shape index (κ3) is 3.10.